The van der Waals surface area contributed by atoms with Gasteiger partial charge in [0.25, 0.3) is 0 Å². The molecule has 1 fully saturated rings. The highest BCUT2D eigenvalue weighted by Crippen LogP contribution is 2.73. The quantitative estimate of drug-likeness (QED) is 0.224. The number of hydrogen-bond donors (Lipinski definition) is 0. The van der Waals surface area contributed by atoms with Crippen molar-refractivity contribution in [2.24, 2.45) is 11.8 Å². The fourth-order valence-corrected chi connectivity index (χ4v) is 8.34. The lowest BCUT2D eigenvalue weighted by molar-refractivity contribution is 0.242. The molecule has 5 aliphatic carbocycles. The third-order valence-corrected chi connectivity index (χ3v) is 9.29. The van der Waals surface area contributed by atoms with E-state index < -0.39 is 0 Å². The second-order valence-electron chi connectivity index (χ2n) is 10.0. The molecule has 1 heterocycles. The summed E-state index contributed by atoms with van der Waals surface area (Å²) in [6.45, 7) is 0. The molecule has 1 aromatic heterocycles. The highest BCUT2D eigenvalue weighted by molar-refractivity contribution is 6.22. The van der Waals surface area contributed by atoms with E-state index in [-0.39, 0.29) is 5.38 Å². The smallest absolute Gasteiger partial charge is 0.138 e. The number of halogens is 1. The molecule has 0 spiro atoms. The molecule has 5 aliphatic rings. The SMILES string of the molecule is ClC1[C@H]2c3ccccc3[C@H]1[C@H]1[C@H]2[C@@H]2C=C[C@@H]1c1c(-c3ccccc3)oc(-c3ccccc3)c12. The van der Waals surface area contributed by atoms with E-state index in [2.05, 4.69) is 97.1 Å². The van der Waals surface area contributed by atoms with Gasteiger partial charge in [0.15, 0.2) is 0 Å². The van der Waals surface area contributed by atoms with Gasteiger partial charge in [0.2, 0.25) is 0 Å². The molecule has 1 saturated carbocycles. The van der Waals surface area contributed by atoms with Crippen LogP contribution in [0.3, 0.4) is 0 Å². The lowest BCUT2D eigenvalue weighted by Crippen LogP contribution is -2.38. The van der Waals surface area contributed by atoms with Crippen LogP contribution >= 0.6 is 11.6 Å². The van der Waals surface area contributed by atoms with E-state index in [0.29, 0.717) is 35.5 Å². The Hall–Kier alpha value is -3.03. The van der Waals surface area contributed by atoms with Crippen LogP contribution in [-0.2, 0) is 0 Å². The van der Waals surface area contributed by atoms with Crippen molar-refractivity contribution in [2.75, 3.05) is 0 Å². The number of alkyl halides is 1. The predicted molar refractivity (Wildman–Crippen MR) is 133 cm³/mol. The summed E-state index contributed by atoms with van der Waals surface area (Å²) in [5.74, 6) is 4.70. The monoisotopic (exact) mass is 446 g/mol. The van der Waals surface area contributed by atoms with Crippen LogP contribution in [0.25, 0.3) is 22.6 Å². The van der Waals surface area contributed by atoms with Gasteiger partial charge in [0, 0.05) is 51.3 Å². The molecular weight excluding hydrogens is 424 g/mol. The summed E-state index contributed by atoms with van der Waals surface area (Å²) in [5.41, 5.74) is 8.11. The molecule has 0 amide bonds. The Balaban J connectivity index is 1.39. The van der Waals surface area contributed by atoms with E-state index in [1.165, 1.54) is 33.4 Å². The third-order valence-electron chi connectivity index (χ3n) is 8.75. The van der Waals surface area contributed by atoms with E-state index in [9.17, 15) is 0 Å². The first kappa shape index (κ1) is 18.4. The van der Waals surface area contributed by atoms with E-state index in [4.69, 9.17) is 16.0 Å². The zero-order chi connectivity index (χ0) is 21.7. The van der Waals surface area contributed by atoms with Gasteiger partial charge in [-0.25, -0.2) is 0 Å². The van der Waals surface area contributed by atoms with Crippen LogP contribution in [0.2, 0.25) is 0 Å². The molecule has 160 valence electrons. The van der Waals surface area contributed by atoms with Gasteiger partial charge in [-0.2, -0.15) is 0 Å². The lowest BCUT2D eigenvalue weighted by atomic mass is 9.55. The summed E-state index contributed by atoms with van der Waals surface area (Å²) in [6.07, 6.45) is 4.94. The van der Waals surface area contributed by atoms with Crippen molar-refractivity contribution >= 4 is 11.6 Å². The van der Waals surface area contributed by atoms with Crippen molar-refractivity contribution < 1.29 is 4.42 Å². The molecule has 3 aromatic carbocycles. The van der Waals surface area contributed by atoms with Gasteiger partial charge in [-0.1, -0.05) is 97.1 Å². The van der Waals surface area contributed by atoms with E-state index in [0.717, 1.165) is 11.5 Å². The molecule has 0 radical (unpaired) electrons. The number of allylic oxidation sites excluding steroid dienone is 2. The molecule has 1 nitrogen and oxygen atoms in total. The maximum absolute atomic E-state index is 7.25. The molecule has 4 bridgehead atoms. The second-order valence-corrected chi connectivity index (χ2v) is 10.5. The van der Waals surface area contributed by atoms with Crippen LogP contribution in [0.5, 0.6) is 0 Å². The van der Waals surface area contributed by atoms with Crippen LogP contribution < -0.4 is 0 Å². The van der Waals surface area contributed by atoms with E-state index >= 15 is 0 Å². The van der Waals surface area contributed by atoms with Gasteiger partial charge in [0.1, 0.15) is 11.5 Å². The standard InChI is InChI=1S/C31H23ClO/c32-29-25-19-13-7-8-14-20(19)26(29)24-22-16-15-21(23(24)25)27-28(22)31(18-11-5-2-6-12-18)33-30(27)17-9-3-1-4-10-17/h1-16,21-26,29H/t21-,22-,23+,24+,25-,26-/m0/s1. The topological polar surface area (TPSA) is 13.1 Å². The first-order valence-electron chi connectivity index (χ1n) is 12.0. The van der Waals surface area contributed by atoms with Crippen molar-refractivity contribution in [1.29, 1.82) is 0 Å². The summed E-state index contributed by atoms with van der Waals surface area (Å²) in [5, 5.41) is 0.184. The minimum Gasteiger partial charge on any atom is -0.455 e. The maximum Gasteiger partial charge on any atom is 0.138 e. The van der Waals surface area contributed by atoms with Gasteiger partial charge in [0.05, 0.1) is 0 Å². The summed E-state index contributed by atoms with van der Waals surface area (Å²) in [4.78, 5) is 0. The van der Waals surface area contributed by atoms with Crippen LogP contribution in [0.15, 0.2) is 101 Å². The van der Waals surface area contributed by atoms with Gasteiger partial charge in [-0.05, 0) is 23.0 Å². The number of rotatable bonds is 2. The minimum atomic E-state index is 0.184. The highest BCUT2D eigenvalue weighted by Gasteiger charge is 2.64. The molecule has 0 saturated heterocycles. The highest BCUT2D eigenvalue weighted by atomic mass is 35.5. The molecule has 0 N–H and O–H groups in total. The van der Waals surface area contributed by atoms with Gasteiger partial charge in [-0.3, -0.25) is 0 Å². The molecule has 4 aromatic rings. The Morgan fingerprint density at radius 3 is 1.42 bits per heavy atom. The second kappa shape index (κ2) is 6.52. The average molecular weight is 447 g/mol. The molecule has 0 aliphatic heterocycles. The normalized spacial score (nSPS) is 32.0. The Labute approximate surface area is 198 Å². The zero-order valence-electron chi connectivity index (χ0n) is 18.1. The number of furan rings is 1. The molecule has 0 unspecified atom stereocenters. The molecule has 6 atom stereocenters. The molecule has 33 heavy (non-hydrogen) atoms. The first-order valence-corrected chi connectivity index (χ1v) is 12.4. The van der Waals surface area contributed by atoms with Crippen molar-refractivity contribution in [2.45, 2.75) is 29.0 Å². The fourth-order valence-electron chi connectivity index (χ4n) is 7.73. The first-order chi connectivity index (χ1) is 16.3. The summed E-state index contributed by atoms with van der Waals surface area (Å²) in [6, 6.07) is 30.3. The van der Waals surface area contributed by atoms with E-state index in [1.807, 2.05) is 0 Å². The largest absolute Gasteiger partial charge is 0.455 e. The summed E-state index contributed by atoms with van der Waals surface area (Å²) < 4.78 is 6.81. The van der Waals surface area contributed by atoms with Crippen molar-refractivity contribution in [3.05, 3.63) is 119 Å². The fraction of sp³-hybridized carbons (Fsp3) is 0.226. The summed E-state index contributed by atoms with van der Waals surface area (Å²) >= 11 is 7.25. The Kier molecular flexibility index (Phi) is 3.63. The number of benzene rings is 3. The van der Waals surface area contributed by atoms with Crippen LogP contribution in [0.1, 0.15) is 45.9 Å². The van der Waals surface area contributed by atoms with Gasteiger partial charge >= 0.3 is 0 Å². The zero-order valence-corrected chi connectivity index (χ0v) is 18.8. The van der Waals surface area contributed by atoms with Crippen molar-refractivity contribution in [3.63, 3.8) is 0 Å². The Bertz CT molecular complexity index is 1310. The van der Waals surface area contributed by atoms with E-state index in [1.54, 1.807) is 0 Å². The Morgan fingerprint density at radius 1 is 0.545 bits per heavy atom. The Morgan fingerprint density at radius 2 is 0.970 bits per heavy atom. The van der Waals surface area contributed by atoms with Crippen LogP contribution in [-0.4, -0.2) is 5.38 Å². The number of hydrogen-bond acceptors (Lipinski definition) is 1. The minimum absolute atomic E-state index is 0.184. The summed E-state index contributed by atoms with van der Waals surface area (Å²) in [7, 11) is 0. The molecular formula is C31H23ClO. The maximum atomic E-state index is 7.25. The van der Waals surface area contributed by atoms with Gasteiger partial charge < -0.3 is 4.42 Å². The predicted octanol–water partition coefficient (Wildman–Crippen LogP) is 8.10. The van der Waals surface area contributed by atoms with Crippen LogP contribution in [0.4, 0.5) is 0 Å². The molecule has 9 rings (SSSR count). The lowest BCUT2D eigenvalue weighted by Gasteiger charge is -2.47. The third kappa shape index (κ3) is 2.24. The van der Waals surface area contributed by atoms with Gasteiger partial charge in [-0.15, -0.1) is 11.6 Å². The average Bonchev–Trinajstić information content (AvgIpc) is 3.53. The van der Waals surface area contributed by atoms with Crippen LogP contribution in [0, 0.1) is 11.8 Å². The number of fused-ring (bicyclic) bond motifs is 5. The van der Waals surface area contributed by atoms with Crippen molar-refractivity contribution in [1.82, 2.24) is 0 Å². The molecule has 2 heteroatoms. The van der Waals surface area contributed by atoms with Crippen molar-refractivity contribution in [3.8, 4) is 22.6 Å².